The van der Waals surface area contributed by atoms with Crippen molar-refractivity contribution in [2.24, 2.45) is 0 Å². The molecule has 25 heavy (non-hydrogen) atoms. The Balaban J connectivity index is 2.11. The molecule has 0 aliphatic carbocycles. The molecule has 0 amide bonds. The van der Waals surface area contributed by atoms with Gasteiger partial charge in [0.15, 0.2) is 0 Å². The summed E-state index contributed by atoms with van der Waals surface area (Å²) in [5.41, 5.74) is 4.09. The minimum absolute atomic E-state index is 0.149. The van der Waals surface area contributed by atoms with Crippen LogP contribution >= 0.6 is 0 Å². The monoisotopic (exact) mass is 361 g/mol. The number of hydrogen-bond donors (Lipinski definition) is 1. The van der Waals surface area contributed by atoms with E-state index in [1.165, 1.54) is 7.11 Å². The summed E-state index contributed by atoms with van der Waals surface area (Å²) < 4.78 is 32.3. The van der Waals surface area contributed by atoms with Crippen molar-refractivity contribution in [2.75, 3.05) is 7.11 Å². The second kappa shape index (κ2) is 7.80. The number of carbonyl (C=O) groups is 1. The summed E-state index contributed by atoms with van der Waals surface area (Å²) in [6.45, 7) is 5.78. The second-order valence-electron chi connectivity index (χ2n) is 6.15. The molecule has 1 N–H and O–H groups in total. The quantitative estimate of drug-likeness (QED) is 0.802. The molecule has 134 valence electrons. The number of aryl methyl sites for hydroxylation is 2. The summed E-state index contributed by atoms with van der Waals surface area (Å²) in [7, 11) is -2.21. The maximum Gasteiger partial charge on any atom is 0.337 e. The van der Waals surface area contributed by atoms with Crippen molar-refractivity contribution in [1.29, 1.82) is 0 Å². The van der Waals surface area contributed by atoms with Crippen LogP contribution in [0.3, 0.4) is 0 Å². The average Bonchev–Trinajstić information content (AvgIpc) is 2.56. The molecule has 0 spiro atoms. The van der Waals surface area contributed by atoms with Gasteiger partial charge in [-0.1, -0.05) is 35.9 Å². The van der Waals surface area contributed by atoms with Gasteiger partial charge in [-0.15, -0.1) is 0 Å². The lowest BCUT2D eigenvalue weighted by Gasteiger charge is -2.17. The molecule has 0 aliphatic rings. The number of ether oxygens (including phenoxy) is 1. The molecule has 0 aliphatic heterocycles. The first-order chi connectivity index (χ1) is 11.7. The van der Waals surface area contributed by atoms with Crippen LogP contribution in [0.4, 0.5) is 0 Å². The van der Waals surface area contributed by atoms with Crippen LogP contribution < -0.4 is 4.72 Å². The predicted octanol–water partition coefficient (Wildman–Crippen LogP) is 3.27. The number of methoxy groups -OCH3 is 1. The van der Waals surface area contributed by atoms with E-state index in [9.17, 15) is 13.2 Å². The molecule has 2 rings (SSSR count). The first-order valence-corrected chi connectivity index (χ1v) is 9.61. The molecule has 2 aromatic rings. The fraction of sp³-hybridized carbons (Fsp3) is 0.316. The standard InChI is InChI=1S/C19H23NO4S/c1-13-5-6-14(2)18(11-13)15(3)20-25(22,23)12-16-7-9-17(10-8-16)19(21)24-4/h5-11,15,20H,12H2,1-4H3. The van der Waals surface area contributed by atoms with Crippen LogP contribution in [-0.4, -0.2) is 21.5 Å². The summed E-state index contributed by atoms with van der Waals surface area (Å²) in [4.78, 5) is 11.4. The van der Waals surface area contributed by atoms with Gasteiger partial charge in [0.25, 0.3) is 0 Å². The molecule has 5 nitrogen and oxygen atoms in total. The normalized spacial score (nSPS) is 12.6. The molecule has 2 aromatic carbocycles. The van der Waals surface area contributed by atoms with E-state index < -0.39 is 16.0 Å². The Kier molecular flexibility index (Phi) is 5.98. The van der Waals surface area contributed by atoms with Gasteiger partial charge in [-0.3, -0.25) is 0 Å². The van der Waals surface area contributed by atoms with Crippen molar-refractivity contribution in [2.45, 2.75) is 32.6 Å². The van der Waals surface area contributed by atoms with Crippen molar-refractivity contribution in [3.05, 3.63) is 70.3 Å². The van der Waals surface area contributed by atoms with E-state index in [0.29, 0.717) is 11.1 Å². The molecule has 0 saturated heterocycles. The van der Waals surface area contributed by atoms with Crippen LogP contribution in [0, 0.1) is 13.8 Å². The van der Waals surface area contributed by atoms with E-state index in [-0.39, 0.29) is 11.8 Å². The lowest BCUT2D eigenvalue weighted by atomic mass is 10.0. The molecule has 1 unspecified atom stereocenters. The Morgan fingerprint density at radius 3 is 2.36 bits per heavy atom. The van der Waals surface area contributed by atoms with Crippen molar-refractivity contribution in [3.63, 3.8) is 0 Å². The Morgan fingerprint density at radius 1 is 1.12 bits per heavy atom. The van der Waals surface area contributed by atoms with E-state index in [1.807, 2.05) is 39.0 Å². The number of carbonyl (C=O) groups excluding carboxylic acids is 1. The first kappa shape index (κ1) is 19.1. The zero-order valence-electron chi connectivity index (χ0n) is 14.9. The SMILES string of the molecule is COC(=O)c1ccc(CS(=O)(=O)NC(C)c2cc(C)ccc2C)cc1. The lowest BCUT2D eigenvalue weighted by molar-refractivity contribution is 0.0600. The smallest absolute Gasteiger partial charge is 0.337 e. The first-order valence-electron chi connectivity index (χ1n) is 7.96. The largest absolute Gasteiger partial charge is 0.465 e. The molecule has 6 heteroatoms. The highest BCUT2D eigenvalue weighted by molar-refractivity contribution is 7.88. The van der Waals surface area contributed by atoms with Gasteiger partial charge in [-0.05, 0) is 49.6 Å². The zero-order chi connectivity index (χ0) is 18.6. The number of sulfonamides is 1. The van der Waals surface area contributed by atoms with Crippen molar-refractivity contribution in [3.8, 4) is 0 Å². The Labute approximate surface area is 149 Å². The number of benzene rings is 2. The van der Waals surface area contributed by atoms with E-state index in [4.69, 9.17) is 0 Å². The van der Waals surface area contributed by atoms with E-state index >= 15 is 0 Å². The van der Waals surface area contributed by atoms with Crippen LogP contribution in [0.15, 0.2) is 42.5 Å². The van der Waals surface area contributed by atoms with Crippen LogP contribution in [0.2, 0.25) is 0 Å². The van der Waals surface area contributed by atoms with E-state index in [1.54, 1.807) is 24.3 Å². The van der Waals surface area contributed by atoms with Crippen LogP contribution in [0.5, 0.6) is 0 Å². The van der Waals surface area contributed by atoms with Crippen molar-refractivity contribution >= 4 is 16.0 Å². The fourth-order valence-corrected chi connectivity index (χ4v) is 4.06. The predicted molar refractivity (Wildman–Crippen MR) is 97.9 cm³/mol. The molecular weight excluding hydrogens is 338 g/mol. The molecule has 0 saturated carbocycles. The third-order valence-corrected chi connectivity index (χ3v) is 5.42. The molecule has 0 bridgehead atoms. The fourth-order valence-electron chi connectivity index (χ4n) is 2.68. The molecule has 0 radical (unpaired) electrons. The van der Waals surface area contributed by atoms with E-state index in [0.717, 1.165) is 16.7 Å². The third kappa shape index (κ3) is 5.14. The Hall–Kier alpha value is -2.18. The number of rotatable bonds is 6. The lowest BCUT2D eigenvalue weighted by Crippen LogP contribution is -2.28. The van der Waals surface area contributed by atoms with Crippen LogP contribution in [0.1, 0.15) is 45.6 Å². The minimum atomic E-state index is -3.52. The summed E-state index contributed by atoms with van der Waals surface area (Å²) in [6, 6.07) is 12.0. The van der Waals surface area contributed by atoms with Gasteiger partial charge in [-0.2, -0.15) is 0 Å². The molecule has 0 heterocycles. The summed E-state index contributed by atoms with van der Waals surface area (Å²) >= 11 is 0. The van der Waals surface area contributed by atoms with Crippen molar-refractivity contribution < 1.29 is 17.9 Å². The third-order valence-electron chi connectivity index (χ3n) is 3.99. The summed E-state index contributed by atoms with van der Waals surface area (Å²) in [5.74, 6) is -0.597. The average molecular weight is 361 g/mol. The highest BCUT2D eigenvalue weighted by atomic mass is 32.2. The second-order valence-corrected chi connectivity index (χ2v) is 7.90. The van der Waals surface area contributed by atoms with Crippen LogP contribution in [0.25, 0.3) is 0 Å². The maximum absolute atomic E-state index is 12.5. The van der Waals surface area contributed by atoms with Gasteiger partial charge < -0.3 is 4.74 Å². The molecule has 0 aromatic heterocycles. The highest BCUT2D eigenvalue weighted by Gasteiger charge is 2.18. The van der Waals surface area contributed by atoms with Gasteiger partial charge in [0.2, 0.25) is 10.0 Å². The maximum atomic E-state index is 12.5. The molecular formula is C19H23NO4S. The topological polar surface area (TPSA) is 72.5 Å². The van der Waals surface area contributed by atoms with Gasteiger partial charge >= 0.3 is 5.97 Å². The summed E-state index contributed by atoms with van der Waals surface area (Å²) in [6.07, 6.45) is 0. The van der Waals surface area contributed by atoms with Gasteiger partial charge in [0.05, 0.1) is 18.4 Å². The van der Waals surface area contributed by atoms with E-state index in [2.05, 4.69) is 9.46 Å². The number of nitrogens with one attached hydrogen (secondary N) is 1. The van der Waals surface area contributed by atoms with Gasteiger partial charge in [0, 0.05) is 6.04 Å². The number of hydrogen-bond acceptors (Lipinski definition) is 4. The Bertz CT molecular complexity index is 857. The van der Waals surface area contributed by atoms with Crippen molar-refractivity contribution in [1.82, 2.24) is 4.72 Å². The molecule has 1 atom stereocenters. The zero-order valence-corrected chi connectivity index (χ0v) is 15.7. The minimum Gasteiger partial charge on any atom is -0.465 e. The van der Waals surface area contributed by atoms with Crippen LogP contribution in [-0.2, 0) is 20.5 Å². The number of esters is 1. The van der Waals surface area contributed by atoms with Gasteiger partial charge in [-0.25, -0.2) is 17.9 Å². The van der Waals surface area contributed by atoms with Gasteiger partial charge in [0.1, 0.15) is 0 Å². The Morgan fingerprint density at radius 2 is 1.76 bits per heavy atom. The summed E-state index contributed by atoms with van der Waals surface area (Å²) in [5, 5.41) is 0. The molecule has 0 fully saturated rings. The highest BCUT2D eigenvalue weighted by Crippen LogP contribution is 2.20.